The Kier molecular flexibility index (Phi) is 6.65. The molecule has 0 aliphatic carbocycles. The first-order valence-electron chi connectivity index (χ1n) is 7.22. The molecular formula is C14H28N2O2. The second-order valence-corrected chi connectivity index (χ2v) is 5.33. The van der Waals surface area contributed by atoms with Crippen LogP contribution in [0.25, 0.3) is 0 Å². The Balaban J connectivity index is 2.46. The van der Waals surface area contributed by atoms with Crippen molar-refractivity contribution in [1.29, 1.82) is 0 Å². The van der Waals surface area contributed by atoms with E-state index in [1.165, 1.54) is 0 Å². The van der Waals surface area contributed by atoms with Crippen LogP contribution in [0.15, 0.2) is 0 Å². The Morgan fingerprint density at radius 2 is 1.67 bits per heavy atom. The molecule has 1 heterocycles. The van der Waals surface area contributed by atoms with Gasteiger partial charge >= 0.3 is 0 Å². The molecule has 4 heteroatoms. The summed E-state index contributed by atoms with van der Waals surface area (Å²) < 4.78 is 5.66. The number of ether oxygens (including phenoxy) is 1. The highest BCUT2D eigenvalue weighted by Gasteiger charge is 2.26. The van der Waals surface area contributed by atoms with Crippen LogP contribution < -0.4 is 0 Å². The van der Waals surface area contributed by atoms with Crippen LogP contribution in [0.3, 0.4) is 0 Å². The molecule has 1 amide bonds. The molecule has 0 N–H and O–H groups in total. The van der Waals surface area contributed by atoms with Crippen LogP contribution in [0, 0.1) is 0 Å². The lowest BCUT2D eigenvalue weighted by Crippen LogP contribution is -2.51. The molecule has 0 aromatic rings. The van der Waals surface area contributed by atoms with Crippen LogP contribution in [0.4, 0.5) is 0 Å². The molecule has 0 bridgehead atoms. The number of carbonyl (C=O) groups is 1. The normalized spacial score (nSPS) is 24.6. The summed E-state index contributed by atoms with van der Waals surface area (Å²) in [4.78, 5) is 16.5. The van der Waals surface area contributed by atoms with Gasteiger partial charge in [0.15, 0.2) is 0 Å². The zero-order chi connectivity index (χ0) is 13.5. The van der Waals surface area contributed by atoms with E-state index in [4.69, 9.17) is 4.74 Å². The molecule has 2 atom stereocenters. The third-order valence-electron chi connectivity index (χ3n) is 3.21. The molecule has 0 spiro atoms. The van der Waals surface area contributed by atoms with E-state index >= 15 is 0 Å². The first kappa shape index (κ1) is 15.4. The van der Waals surface area contributed by atoms with Crippen molar-refractivity contribution < 1.29 is 9.53 Å². The van der Waals surface area contributed by atoms with Crippen LogP contribution in [0.1, 0.15) is 40.5 Å². The van der Waals surface area contributed by atoms with Crippen molar-refractivity contribution in [3.8, 4) is 0 Å². The van der Waals surface area contributed by atoms with Gasteiger partial charge in [-0.15, -0.1) is 0 Å². The van der Waals surface area contributed by atoms with Crippen LogP contribution in [0.5, 0.6) is 0 Å². The molecule has 1 saturated heterocycles. The average Bonchev–Trinajstić information content (AvgIpc) is 2.28. The number of rotatable bonds is 6. The van der Waals surface area contributed by atoms with E-state index in [0.717, 1.165) is 39.0 Å². The standard InChI is InChI=1S/C14H28N2O2/c1-5-7-15(8-6-2)11-14(17)16-9-12(3)18-13(4)10-16/h12-13H,5-11H2,1-4H3. The van der Waals surface area contributed by atoms with Crippen LogP contribution in [-0.4, -0.2) is 60.6 Å². The predicted octanol–water partition coefficient (Wildman–Crippen LogP) is 1.74. The minimum atomic E-state index is 0.156. The summed E-state index contributed by atoms with van der Waals surface area (Å²) in [6.45, 7) is 12.4. The summed E-state index contributed by atoms with van der Waals surface area (Å²) >= 11 is 0. The average molecular weight is 256 g/mol. The van der Waals surface area contributed by atoms with Crippen LogP contribution in [-0.2, 0) is 9.53 Å². The Morgan fingerprint density at radius 1 is 1.17 bits per heavy atom. The topological polar surface area (TPSA) is 32.8 Å². The minimum Gasteiger partial charge on any atom is -0.372 e. The molecule has 106 valence electrons. The second-order valence-electron chi connectivity index (χ2n) is 5.33. The van der Waals surface area contributed by atoms with Crippen molar-refractivity contribution in [2.45, 2.75) is 52.7 Å². The fourth-order valence-corrected chi connectivity index (χ4v) is 2.58. The van der Waals surface area contributed by atoms with Gasteiger partial charge in [-0.25, -0.2) is 0 Å². The van der Waals surface area contributed by atoms with Crippen LogP contribution in [0.2, 0.25) is 0 Å². The fraction of sp³-hybridized carbons (Fsp3) is 0.929. The number of carbonyl (C=O) groups excluding carboxylic acids is 1. The second kappa shape index (κ2) is 7.74. The summed E-state index contributed by atoms with van der Waals surface area (Å²) in [6, 6.07) is 0. The smallest absolute Gasteiger partial charge is 0.236 e. The predicted molar refractivity (Wildman–Crippen MR) is 73.6 cm³/mol. The van der Waals surface area contributed by atoms with Crippen LogP contribution >= 0.6 is 0 Å². The van der Waals surface area contributed by atoms with E-state index in [9.17, 15) is 4.79 Å². The molecule has 2 unspecified atom stereocenters. The maximum atomic E-state index is 12.3. The maximum absolute atomic E-state index is 12.3. The van der Waals surface area contributed by atoms with Crippen molar-refractivity contribution in [2.24, 2.45) is 0 Å². The van der Waals surface area contributed by atoms with E-state index < -0.39 is 0 Å². The molecular weight excluding hydrogens is 228 g/mol. The lowest BCUT2D eigenvalue weighted by molar-refractivity contribution is -0.144. The zero-order valence-electron chi connectivity index (χ0n) is 12.3. The third kappa shape index (κ3) is 4.94. The van der Waals surface area contributed by atoms with Gasteiger partial charge in [0, 0.05) is 13.1 Å². The molecule has 0 radical (unpaired) electrons. The lowest BCUT2D eigenvalue weighted by atomic mass is 10.2. The largest absolute Gasteiger partial charge is 0.372 e. The van der Waals surface area contributed by atoms with Gasteiger partial charge in [0.25, 0.3) is 0 Å². The van der Waals surface area contributed by atoms with E-state index in [-0.39, 0.29) is 18.1 Å². The van der Waals surface area contributed by atoms with Crippen molar-refractivity contribution in [3.63, 3.8) is 0 Å². The first-order chi connectivity index (χ1) is 8.56. The maximum Gasteiger partial charge on any atom is 0.236 e. The van der Waals surface area contributed by atoms with Gasteiger partial charge in [0.2, 0.25) is 5.91 Å². The lowest BCUT2D eigenvalue weighted by Gasteiger charge is -2.36. The van der Waals surface area contributed by atoms with Crippen molar-refractivity contribution in [1.82, 2.24) is 9.80 Å². The first-order valence-corrected chi connectivity index (χ1v) is 7.22. The third-order valence-corrected chi connectivity index (χ3v) is 3.21. The van der Waals surface area contributed by atoms with Gasteiger partial charge in [0.1, 0.15) is 0 Å². The molecule has 1 aliphatic rings. The van der Waals surface area contributed by atoms with Crippen molar-refractivity contribution in [3.05, 3.63) is 0 Å². The molecule has 0 saturated carbocycles. The molecule has 1 aliphatic heterocycles. The summed E-state index contributed by atoms with van der Waals surface area (Å²) in [5, 5.41) is 0. The van der Waals surface area contributed by atoms with E-state index in [2.05, 4.69) is 18.7 Å². The van der Waals surface area contributed by atoms with Crippen molar-refractivity contribution in [2.75, 3.05) is 32.7 Å². The fourth-order valence-electron chi connectivity index (χ4n) is 2.58. The molecule has 0 aromatic carbocycles. The summed E-state index contributed by atoms with van der Waals surface area (Å²) in [7, 11) is 0. The molecule has 4 nitrogen and oxygen atoms in total. The van der Waals surface area contributed by atoms with Gasteiger partial charge in [-0.05, 0) is 39.8 Å². The number of hydrogen-bond acceptors (Lipinski definition) is 3. The van der Waals surface area contributed by atoms with Crippen molar-refractivity contribution >= 4 is 5.91 Å². The van der Waals surface area contributed by atoms with E-state index in [1.54, 1.807) is 0 Å². The summed E-state index contributed by atoms with van der Waals surface area (Å²) in [5.41, 5.74) is 0. The van der Waals surface area contributed by atoms with Gasteiger partial charge in [0.05, 0.1) is 18.8 Å². The Morgan fingerprint density at radius 3 is 2.11 bits per heavy atom. The summed E-state index contributed by atoms with van der Waals surface area (Å²) in [6.07, 6.45) is 2.51. The molecule has 1 fully saturated rings. The number of amides is 1. The van der Waals surface area contributed by atoms with E-state index in [0.29, 0.717) is 6.54 Å². The van der Waals surface area contributed by atoms with Gasteiger partial charge in [-0.2, -0.15) is 0 Å². The Bertz CT molecular complexity index is 242. The summed E-state index contributed by atoms with van der Waals surface area (Å²) in [5.74, 6) is 0.249. The Hall–Kier alpha value is -0.610. The molecule has 18 heavy (non-hydrogen) atoms. The molecule has 0 aromatic heterocycles. The highest BCUT2D eigenvalue weighted by molar-refractivity contribution is 5.78. The Labute approximate surface area is 111 Å². The van der Waals surface area contributed by atoms with Gasteiger partial charge < -0.3 is 9.64 Å². The quantitative estimate of drug-likeness (QED) is 0.726. The SMILES string of the molecule is CCCN(CCC)CC(=O)N1CC(C)OC(C)C1. The highest BCUT2D eigenvalue weighted by atomic mass is 16.5. The van der Waals surface area contributed by atoms with Gasteiger partial charge in [-0.1, -0.05) is 13.8 Å². The van der Waals surface area contributed by atoms with Gasteiger partial charge in [-0.3, -0.25) is 9.69 Å². The monoisotopic (exact) mass is 256 g/mol. The number of morpholine rings is 1. The number of hydrogen-bond donors (Lipinski definition) is 0. The zero-order valence-corrected chi connectivity index (χ0v) is 12.3. The van der Waals surface area contributed by atoms with E-state index in [1.807, 2.05) is 18.7 Å². The number of nitrogens with zero attached hydrogens (tertiary/aromatic N) is 2. The minimum absolute atomic E-state index is 0.156. The highest BCUT2D eigenvalue weighted by Crippen LogP contribution is 2.11. The molecule has 1 rings (SSSR count).